The van der Waals surface area contributed by atoms with E-state index in [1.165, 1.54) is 6.92 Å². The Morgan fingerprint density at radius 2 is 1.55 bits per heavy atom. The minimum Gasteiger partial charge on any atom is -0.366 e. The second kappa shape index (κ2) is 4.64. The lowest BCUT2D eigenvalue weighted by Crippen LogP contribution is -2.50. The standard InChI is InChI=1S/C11H8F7NO/c1-5-2-3-7(6(4-5)8(19)20)9(12,13)10(14,15)11(16,17)18/h2-4H,1H3,(H2,19,20). The first-order chi connectivity index (χ1) is 8.82. The van der Waals surface area contributed by atoms with Crippen molar-refractivity contribution in [3.8, 4) is 0 Å². The normalized spacial score (nSPS) is 13.4. The number of alkyl halides is 7. The highest BCUT2D eigenvalue weighted by Crippen LogP contribution is 2.52. The Morgan fingerprint density at radius 3 is 1.95 bits per heavy atom. The first-order valence-electron chi connectivity index (χ1n) is 5.05. The maximum atomic E-state index is 13.5. The predicted molar refractivity (Wildman–Crippen MR) is 54.6 cm³/mol. The van der Waals surface area contributed by atoms with Gasteiger partial charge in [-0.2, -0.15) is 30.7 Å². The van der Waals surface area contributed by atoms with Gasteiger partial charge in [0.25, 0.3) is 0 Å². The van der Waals surface area contributed by atoms with Gasteiger partial charge in [0.2, 0.25) is 5.91 Å². The molecule has 2 nitrogen and oxygen atoms in total. The van der Waals surface area contributed by atoms with E-state index in [9.17, 15) is 35.5 Å². The number of carbonyl (C=O) groups excluding carboxylic acids is 1. The molecule has 1 aromatic rings. The summed E-state index contributed by atoms with van der Waals surface area (Å²) in [6, 6.07) is 1.93. The Hall–Kier alpha value is -1.80. The van der Waals surface area contributed by atoms with Gasteiger partial charge in [-0.05, 0) is 13.0 Å². The first kappa shape index (κ1) is 16.3. The molecule has 1 aromatic carbocycles. The smallest absolute Gasteiger partial charge is 0.366 e. The lowest BCUT2D eigenvalue weighted by Gasteiger charge is -2.29. The monoisotopic (exact) mass is 303 g/mol. The summed E-state index contributed by atoms with van der Waals surface area (Å²) in [5.74, 6) is -13.5. The molecule has 1 rings (SSSR count). The maximum Gasteiger partial charge on any atom is 0.460 e. The molecular formula is C11H8F7NO. The molecule has 0 spiro atoms. The second-order valence-electron chi connectivity index (χ2n) is 4.06. The number of nitrogens with two attached hydrogens (primary N) is 1. The van der Waals surface area contributed by atoms with E-state index in [1.54, 1.807) is 0 Å². The lowest BCUT2D eigenvalue weighted by molar-refractivity contribution is -0.359. The van der Waals surface area contributed by atoms with Gasteiger partial charge in [-0.15, -0.1) is 0 Å². The quantitative estimate of drug-likeness (QED) is 0.855. The number of rotatable bonds is 3. The summed E-state index contributed by atoms with van der Waals surface area (Å²) in [6.07, 6.45) is -6.48. The number of hydrogen-bond donors (Lipinski definition) is 1. The van der Waals surface area contributed by atoms with E-state index in [0.717, 1.165) is 12.1 Å². The van der Waals surface area contributed by atoms with E-state index in [2.05, 4.69) is 0 Å². The zero-order chi connectivity index (χ0) is 15.9. The molecule has 2 N–H and O–H groups in total. The van der Waals surface area contributed by atoms with Gasteiger partial charge in [0.05, 0.1) is 0 Å². The van der Waals surface area contributed by atoms with Crippen molar-refractivity contribution in [3.63, 3.8) is 0 Å². The van der Waals surface area contributed by atoms with Crippen LogP contribution in [0, 0.1) is 6.92 Å². The van der Waals surface area contributed by atoms with E-state index >= 15 is 0 Å². The van der Waals surface area contributed by atoms with Crippen LogP contribution in [0.1, 0.15) is 21.5 Å². The van der Waals surface area contributed by atoms with Gasteiger partial charge in [0, 0.05) is 11.1 Å². The molecule has 0 aliphatic carbocycles. The summed E-state index contributed by atoms with van der Waals surface area (Å²) in [7, 11) is 0. The summed E-state index contributed by atoms with van der Waals surface area (Å²) >= 11 is 0. The van der Waals surface area contributed by atoms with Crippen molar-refractivity contribution in [2.45, 2.75) is 24.9 Å². The molecule has 0 fully saturated rings. The van der Waals surface area contributed by atoms with Crippen LogP contribution in [0.5, 0.6) is 0 Å². The number of hydrogen-bond acceptors (Lipinski definition) is 1. The zero-order valence-corrected chi connectivity index (χ0v) is 9.86. The highest BCUT2D eigenvalue weighted by Gasteiger charge is 2.74. The topological polar surface area (TPSA) is 43.1 Å². The minimum atomic E-state index is -6.48. The highest BCUT2D eigenvalue weighted by molar-refractivity contribution is 5.94. The van der Waals surface area contributed by atoms with E-state index in [0.29, 0.717) is 6.07 Å². The Balaban J connectivity index is 3.55. The van der Waals surface area contributed by atoms with Gasteiger partial charge in [0.15, 0.2) is 0 Å². The molecule has 9 heteroatoms. The Morgan fingerprint density at radius 1 is 1.05 bits per heavy atom. The number of aryl methyl sites for hydroxylation is 1. The summed E-state index contributed by atoms with van der Waals surface area (Å²) in [5, 5.41) is 0. The molecule has 20 heavy (non-hydrogen) atoms. The van der Waals surface area contributed by atoms with Crippen LogP contribution in [0.2, 0.25) is 0 Å². The third kappa shape index (κ3) is 2.44. The highest BCUT2D eigenvalue weighted by atomic mass is 19.4. The summed E-state index contributed by atoms with van der Waals surface area (Å²) < 4.78 is 89.1. The van der Waals surface area contributed by atoms with Crippen LogP contribution in [-0.2, 0) is 5.92 Å². The van der Waals surface area contributed by atoms with Crippen molar-refractivity contribution in [1.29, 1.82) is 0 Å². The largest absolute Gasteiger partial charge is 0.460 e. The molecule has 0 heterocycles. The first-order valence-corrected chi connectivity index (χ1v) is 5.05. The van der Waals surface area contributed by atoms with Gasteiger partial charge in [-0.3, -0.25) is 4.79 Å². The van der Waals surface area contributed by atoms with Gasteiger partial charge >= 0.3 is 18.0 Å². The fourth-order valence-electron chi connectivity index (χ4n) is 1.48. The Labute approximate surface area is 108 Å². The van der Waals surface area contributed by atoms with Gasteiger partial charge in [-0.25, -0.2) is 0 Å². The molecule has 0 radical (unpaired) electrons. The number of benzene rings is 1. The fourth-order valence-corrected chi connectivity index (χ4v) is 1.48. The second-order valence-corrected chi connectivity index (χ2v) is 4.06. The molecule has 0 bridgehead atoms. The van der Waals surface area contributed by atoms with E-state index in [4.69, 9.17) is 5.73 Å². The number of halogens is 7. The van der Waals surface area contributed by atoms with Crippen molar-refractivity contribution in [2.24, 2.45) is 5.73 Å². The van der Waals surface area contributed by atoms with E-state index in [-0.39, 0.29) is 5.56 Å². The molecule has 0 saturated heterocycles. The summed E-state index contributed by atoms with van der Waals surface area (Å²) in [6.45, 7) is 1.33. The Bertz CT molecular complexity index is 536. The van der Waals surface area contributed by atoms with Crippen LogP contribution in [0.15, 0.2) is 18.2 Å². The van der Waals surface area contributed by atoms with Crippen LogP contribution in [0.4, 0.5) is 30.7 Å². The van der Waals surface area contributed by atoms with Gasteiger partial charge in [0.1, 0.15) is 0 Å². The van der Waals surface area contributed by atoms with Crippen LogP contribution in [0.25, 0.3) is 0 Å². The van der Waals surface area contributed by atoms with E-state index < -0.39 is 35.1 Å². The van der Waals surface area contributed by atoms with Gasteiger partial charge in [-0.1, -0.05) is 17.7 Å². The number of carbonyl (C=O) groups is 1. The third-order valence-corrected chi connectivity index (χ3v) is 2.53. The van der Waals surface area contributed by atoms with Crippen molar-refractivity contribution < 1.29 is 35.5 Å². The summed E-state index contributed by atoms with van der Waals surface area (Å²) in [5.41, 5.74) is 2.09. The molecule has 0 aliphatic heterocycles. The third-order valence-electron chi connectivity index (χ3n) is 2.53. The van der Waals surface area contributed by atoms with Crippen LogP contribution in [0.3, 0.4) is 0 Å². The molecule has 0 aliphatic rings. The van der Waals surface area contributed by atoms with Crippen molar-refractivity contribution in [2.75, 3.05) is 0 Å². The molecule has 112 valence electrons. The predicted octanol–water partition coefficient (Wildman–Crippen LogP) is 3.38. The molecule has 1 amide bonds. The average Bonchev–Trinajstić information content (AvgIpc) is 2.26. The van der Waals surface area contributed by atoms with Crippen molar-refractivity contribution in [1.82, 2.24) is 0 Å². The van der Waals surface area contributed by atoms with Gasteiger partial charge < -0.3 is 5.73 Å². The fraction of sp³-hybridized carbons (Fsp3) is 0.364. The molecular weight excluding hydrogens is 295 g/mol. The summed E-state index contributed by atoms with van der Waals surface area (Å²) in [4.78, 5) is 11.0. The zero-order valence-electron chi connectivity index (χ0n) is 9.86. The van der Waals surface area contributed by atoms with Crippen LogP contribution < -0.4 is 5.73 Å². The average molecular weight is 303 g/mol. The minimum absolute atomic E-state index is 0.202. The van der Waals surface area contributed by atoms with Crippen molar-refractivity contribution in [3.05, 3.63) is 34.9 Å². The van der Waals surface area contributed by atoms with Crippen LogP contribution in [-0.4, -0.2) is 18.0 Å². The molecule has 0 atom stereocenters. The SMILES string of the molecule is Cc1ccc(C(F)(F)C(F)(F)C(F)(F)F)c(C(N)=O)c1. The Kier molecular flexibility index (Phi) is 3.77. The molecule has 0 unspecified atom stereocenters. The maximum absolute atomic E-state index is 13.5. The number of primary amides is 1. The van der Waals surface area contributed by atoms with E-state index in [1.807, 2.05) is 0 Å². The molecule has 0 saturated carbocycles. The lowest BCUT2D eigenvalue weighted by atomic mass is 9.94. The van der Waals surface area contributed by atoms with Crippen molar-refractivity contribution >= 4 is 5.91 Å². The number of amides is 1. The molecule has 0 aromatic heterocycles. The van der Waals surface area contributed by atoms with Crippen LogP contribution >= 0.6 is 0 Å².